The van der Waals surface area contributed by atoms with Crippen LogP contribution in [-0.4, -0.2) is 36.8 Å². The molecule has 0 bridgehead atoms. The van der Waals surface area contributed by atoms with Gasteiger partial charge in [-0.05, 0) is 4.92 Å². The Kier molecular flexibility index (Phi) is 3.15. The first-order chi connectivity index (χ1) is 6.13. The van der Waals surface area contributed by atoms with Crippen molar-refractivity contribution in [2.24, 2.45) is 0 Å². The van der Waals surface area contributed by atoms with Crippen molar-refractivity contribution in [1.82, 2.24) is 14.8 Å². The fourth-order valence-corrected chi connectivity index (χ4v) is 0.819. The highest BCUT2D eigenvalue weighted by molar-refractivity contribution is 6.18. The number of halogens is 1. The van der Waals surface area contributed by atoms with Crippen LogP contribution in [0.3, 0.4) is 0 Å². The maximum absolute atomic E-state index is 10.1. The molecule has 1 aromatic heterocycles. The maximum atomic E-state index is 10.1. The molecular formula is C5H7ClN4O3. The van der Waals surface area contributed by atoms with E-state index in [-0.39, 0.29) is 12.4 Å². The first kappa shape index (κ1) is 9.87. The van der Waals surface area contributed by atoms with E-state index in [1.807, 2.05) is 0 Å². The summed E-state index contributed by atoms with van der Waals surface area (Å²) in [6.07, 6.45) is 0.399. The van der Waals surface area contributed by atoms with Crippen molar-refractivity contribution in [3.8, 4) is 0 Å². The Labute approximate surface area is 78.1 Å². The predicted molar refractivity (Wildman–Crippen MR) is 43.4 cm³/mol. The molecule has 8 heteroatoms. The molecule has 1 unspecified atom stereocenters. The number of aromatic nitrogens is 3. The van der Waals surface area contributed by atoms with Gasteiger partial charge in [0, 0.05) is 5.10 Å². The second-order valence-electron chi connectivity index (χ2n) is 2.33. The molecule has 1 aromatic rings. The number of aliphatic hydroxyl groups is 1. The van der Waals surface area contributed by atoms with Gasteiger partial charge in [-0.3, -0.25) is 0 Å². The molecule has 0 radical (unpaired) electrons. The Balaban J connectivity index is 2.64. The minimum atomic E-state index is -0.775. The number of alkyl halides is 1. The molecule has 0 aromatic carbocycles. The normalized spacial score (nSPS) is 12.8. The number of hydrogen-bond donors (Lipinski definition) is 1. The Hall–Kier alpha value is -1.21. The minimum absolute atomic E-state index is 0.0493. The second kappa shape index (κ2) is 4.15. The maximum Gasteiger partial charge on any atom is 0.490 e. The highest BCUT2D eigenvalue weighted by atomic mass is 35.5. The lowest BCUT2D eigenvalue weighted by Crippen LogP contribution is -2.17. The summed E-state index contributed by atoms with van der Waals surface area (Å²) in [5.41, 5.74) is 0. The zero-order valence-corrected chi connectivity index (χ0v) is 7.26. The molecule has 0 spiro atoms. The average molecular weight is 207 g/mol. The zero-order valence-electron chi connectivity index (χ0n) is 6.50. The van der Waals surface area contributed by atoms with Gasteiger partial charge in [-0.2, -0.15) is 4.68 Å². The van der Waals surface area contributed by atoms with Crippen LogP contribution in [0.2, 0.25) is 0 Å². The molecule has 7 nitrogen and oxygen atoms in total. The van der Waals surface area contributed by atoms with Gasteiger partial charge in [0.15, 0.2) is 0 Å². The summed E-state index contributed by atoms with van der Waals surface area (Å²) >= 11 is 5.33. The van der Waals surface area contributed by atoms with Crippen molar-refractivity contribution in [2.45, 2.75) is 12.6 Å². The van der Waals surface area contributed by atoms with E-state index in [9.17, 15) is 10.1 Å². The third kappa shape index (κ3) is 2.63. The second-order valence-corrected chi connectivity index (χ2v) is 2.64. The summed E-state index contributed by atoms with van der Waals surface area (Å²) < 4.78 is 1.17. The third-order valence-corrected chi connectivity index (χ3v) is 1.62. The zero-order chi connectivity index (χ0) is 9.84. The van der Waals surface area contributed by atoms with E-state index < -0.39 is 17.0 Å². The minimum Gasteiger partial charge on any atom is -0.390 e. The standard InChI is InChI=1S/C5H7ClN4O3/c6-1-4(11)2-9-3-7-5(8-9)10(12)13/h3-4,11H,1-2H2. The molecule has 1 heterocycles. The average Bonchev–Trinajstić information content (AvgIpc) is 2.52. The largest absolute Gasteiger partial charge is 0.490 e. The lowest BCUT2D eigenvalue weighted by molar-refractivity contribution is -0.394. The monoisotopic (exact) mass is 206 g/mol. The molecule has 0 aliphatic carbocycles. The van der Waals surface area contributed by atoms with Crippen molar-refractivity contribution >= 4 is 17.5 Å². The topological polar surface area (TPSA) is 94.1 Å². The third-order valence-electron chi connectivity index (χ3n) is 1.26. The van der Waals surface area contributed by atoms with E-state index in [0.717, 1.165) is 0 Å². The van der Waals surface area contributed by atoms with Crippen molar-refractivity contribution in [1.29, 1.82) is 0 Å². The Morgan fingerprint density at radius 3 is 3.00 bits per heavy atom. The molecule has 72 valence electrons. The fourth-order valence-electron chi connectivity index (χ4n) is 0.721. The SMILES string of the molecule is O=[N+]([O-])c1ncn(CC(O)CCl)n1. The van der Waals surface area contributed by atoms with E-state index in [4.69, 9.17) is 16.7 Å². The van der Waals surface area contributed by atoms with E-state index in [2.05, 4.69) is 10.1 Å². The van der Waals surface area contributed by atoms with E-state index in [1.165, 1.54) is 11.0 Å². The van der Waals surface area contributed by atoms with E-state index >= 15 is 0 Å². The van der Waals surface area contributed by atoms with Gasteiger partial charge in [0.2, 0.25) is 6.33 Å². The Morgan fingerprint density at radius 2 is 2.54 bits per heavy atom. The quantitative estimate of drug-likeness (QED) is 0.418. The molecule has 0 saturated heterocycles. The van der Waals surface area contributed by atoms with Gasteiger partial charge in [0.25, 0.3) is 0 Å². The highest BCUT2D eigenvalue weighted by Gasteiger charge is 2.14. The van der Waals surface area contributed by atoms with Crippen molar-refractivity contribution in [2.75, 3.05) is 5.88 Å². The molecule has 0 fully saturated rings. The van der Waals surface area contributed by atoms with Crippen LogP contribution in [0.25, 0.3) is 0 Å². The summed E-state index contributed by atoms with van der Waals surface area (Å²) in [4.78, 5) is 12.8. The van der Waals surface area contributed by atoms with Gasteiger partial charge >= 0.3 is 5.95 Å². The van der Waals surface area contributed by atoms with Crippen molar-refractivity contribution in [3.63, 3.8) is 0 Å². The van der Waals surface area contributed by atoms with Crippen molar-refractivity contribution in [3.05, 3.63) is 16.4 Å². The van der Waals surface area contributed by atoms with Gasteiger partial charge < -0.3 is 15.2 Å². The highest BCUT2D eigenvalue weighted by Crippen LogP contribution is 2.01. The van der Waals surface area contributed by atoms with Crippen LogP contribution in [0.4, 0.5) is 5.95 Å². The number of hydrogen-bond acceptors (Lipinski definition) is 5. The van der Waals surface area contributed by atoms with Gasteiger partial charge in [-0.25, -0.2) is 0 Å². The smallest absolute Gasteiger partial charge is 0.390 e. The molecule has 1 rings (SSSR count). The molecule has 13 heavy (non-hydrogen) atoms. The van der Waals surface area contributed by atoms with Gasteiger partial charge in [0.05, 0.1) is 18.5 Å². The molecule has 0 saturated carbocycles. The molecule has 1 N–H and O–H groups in total. The molecular weight excluding hydrogens is 200 g/mol. The van der Waals surface area contributed by atoms with Crippen LogP contribution in [-0.2, 0) is 6.54 Å². The van der Waals surface area contributed by atoms with Crippen LogP contribution in [0.1, 0.15) is 0 Å². The van der Waals surface area contributed by atoms with Crippen LogP contribution in [0, 0.1) is 10.1 Å². The summed E-state index contributed by atoms with van der Waals surface area (Å²) in [5, 5.41) is 22.7. The van der Waals surface area contributed by atoms with Crippen LogP contribution in [0.5, 0.6) is 0 Å². The van der Waals surface area contributed by atoms with Crippen LogP contribution < -0.4 is 0 Å². The predicted octanol–water partition coefficient (Wildman–Crippen LogP) is -0.214. The van der Waals surface area contributed by atoms with Gasteiger partial charge in [-0.1, -0.05) is 4.98 Å². The number of rotatable bonds is 4. The lowest BCUT2D eigenvalue weighted by Gasteiger charge is -2.01. The summed E-state index contributed by atoms with van der Waals surface area (Å²) in [5.74, 6) is -0.435. The number of nitrogens with zero attached hydrogens (tertiary/aromatic N) is 4. The molecule has 1 atom stereocenters. The number of aliphatic hydroxyl groups excluding tert-OH is 1. The van der Waals surface area contributed by atoms with E-state index in [1.54, 1.807) is 0 Å². The lowest BCUT2D eigenvalue weighted by atomic mass is 10.4. The Morgan fingerprint density at radius 1 is 1.85 bits per heavy atom. The summed E-state index contributed by atoms with van der Waals surface area (Å²) in [6.45, 7) is 0.102. The van der Waals surface area contributed by atoms with Crippen molar-refractivity contribution < 1.29 is 10.0 Å². The fraction of sp³-hybridized carbons (Fsp3) is 0.600. The number of nitro groups is 1. The molecule has 0 aliphatic rings. The first-order valence-electron chi connectivity index (χ1n) is 3.41. The summed E-state index contributed by atoms with van der Waals surface area (Å²) in [6, 6.07) is 0. The van der Waals surface area contributed by atoms with Crippen LogP contribution in [0.15, 0.2) is 6.33 Å². The van der Waals surface area contributed by atoms with E-state index in [0.29, 0.717) is 0 Å². The molecule has 0 aliphatic heterocycles. The summed E-state index contributed by atoms with van der Waals surface area (Å²) in [7, 11) is 0. The van der Waals surface area contributed by atoms with Gasteiger partial charge in [0.1, 0.15) is 0 Å². The van der Waals surface area contributed by atoms with Gasteiger partial charge in [-0.15, -0.1) is 11.6 Å². The van der Waals surface area contributed by atoms with Crippen LogP contribution >= 0.6 is 11.6 Å². The first-order valence-corrected chi connectivity index (χ1v) is 3.95. The Bertz CT molecular complexity index is 302. The molecule has 0 amide bonds.